The van der Waals surface area contributed by atoms with Crippen molar-refractivity contribution < 1.29 is 9.59 Å². The monoisotopic (exact) mass is 268 g/mol. The molecule has 0 spiro atoms. The Bertz CT molecular complexity index is 592. The molecule has 0 aromatic heterocycles. The van der Waals surface area contributed by atoms with Gasteiger partial charge in [-0.15, -0.1) is 0 Å². The molecule has 0 saturated carbocycles. The van der Waals surface area contributed by atoms with Crippen molar-refractivity contribution in [1.82, 2.24) is 0 Å². The second kappa shape index (κ2) is 6.52. The standard InChI is InChI=1S/C16H16N2O2/c17-15(19)10-13-6-8-14(9-7-13)18-16(20)11-12-4-2-1-3-5-12/h1-9H,10-11H2,(H2,17,19)(H,18,20). The summed E-state index contributed by atoms with van der Waals surface area (Å²) in [5, 5.41) is 2.82. The summed E-state index contributed by atoms with van der Waals surface area (Å²) in [6.07, 6.45) is 0.544. The number of rotatable bonds is 5. The summed E-state index contributed by atoms with van der Waals surface area (Å²) >= 11 is 0. The maximum Gasteiger partial charge on any atom is 0.228 e. The maximum absolute atomic E-state index is 11.9. The van der Waals surface area contributed by atoms with E-state index in [1.807, 2.05) is 30.3 Å². The van der Waals surface area contributed by atoms with Gasteiger partial charge in [0.25, 0.3) is 0 Å². The van der Waals surface area contributed by atoms with E-state index in [2.05, 4.69) is 5.32 Å². The number of hydrogen-bond donors (Lipinski definition) is 2. The van der Waals surface area contributed by atoms with Crippen LogP contribution < -0.4 is 11.1 Å². The van der Waals surface area contributed by atoms with Gasteiger partial charge in [0.1, 0.15) is 0 Å². The minimum atomic E-state index is -0.370. The summed E-state index contributed by atoms with van der Waals surface area (Å²) in [5.41, 5.74) is 7.63. The van der Waals surface area contributed by atoms with Crippen LogP contribution in [0.5, 0.6) is 0 Å². The summed E-state index contributed by atoms with van der Waals surface area (Å²) in [5.74, 6) is -0.440. The van der Waals surface area contributed by atoms with Crippen LogP contribution in [-0.4, -0.2) is 11.8 Å². The molecule has 2 amide bonds. The summed E-state index contributed by atoms with van der Waals surface area (Å²) < 4.78 is 0. The van der Waals surface area contributed by atoms with Gasteiger partial charge in [0.05, 0.1) is 12.8 Å². The Hall–Kier alpha value is -2.62. The molecule has 2 aromatic carbocycles. The molecule has 0 bridgehead atoms. The quantitative estimate of drug-likeness (QED) is 0.869. The van der Waals surface area contributed by atoms with Crippen molar-refractivity contribution >= 4 is 17.5 Å². The molecule has 0 heterocycles. The number of anilines is 1. The van der Waals surface area contributed by atoms with Crippen LogP contribution in [0.3, 0.4) is 0 Å². The first kappa shape index (κ1) is 13.8. The third kappa shape index (κ3) is 4.24. The second-order valence-corrected chi connectivity index (χ2v) is 4.55. The van der Waals surface area contributed by atoms with Gasteiger partial charge >= 0.3 is 0 Å². The van der Waals surface area contributed by atoms with Crippen molar-refractivity contribution in [3.63, 3.8) is 0 Å². The predicted molar refractivity (Wildman–Crippen MR) is 78.1 cm³/mol. The molecule has 0 atom stereocenters. The highest BCUT2D eigenvalue weighted by atomic mass is 16.1. The fourth-order valence-corrected chi connectivity index (χ4v) is 1.89. The number of benzene rings is 2. The highest BCUT2D eigenvalue weighted by Crippen LogP contribution is 2.11. The van der Waals surface area contributed by atoms with E-state index in [1.54, 1.807) is 24.3 Å². The normalized spacial score (nSPS) is 10.0. The lowest BCUT2D eigenvalue weighted by Gasteiger charge is -2.06. The van der Waals surface area contributed by atoms with Gasteiger partial charge in [-0.3, -0.25) is 9.59 Å². The first-order chi connectivity index (χ1) is 9.63. The van der Waals surface area contributed by atoms with E-state index in [0.717, 1.165) is 11.1 Å². The summed E-state index contributed by atoms with van der Waals surface area (Å²) in [7, 11) is 0. The Kier molecular flexibility index (Phi) is 4.50. The second-order valence-electron chi connectivity index (χ2n) is 4.55. The molecule has 2 aromatic rings. The molecule has 0 aliphatic heterocycles. The highest BCUT2D eigenvalue weighted by molar-refractivity contribution is 5.92. The van der Waals surface area contributed by atoms with E-state index in [0.29, 0.717) is 12.1 Å². The van der Waals surface area contributed by atoms with Crippen LogP contribution in [-0.2, 0) is 22.4 Å². The van der Waals surface area contributed by atoms with Crippen LogP contribution in [0.15, 0.2) is 54.6 Å². The predicted octanol–water partition coefficient (Wildman–Crippen LogP) is 1.90. The van der Waals surface area contributed by atoms with Gasteiger partial charge in [-0.25, -0.2) is 0 Å². The average molecular weight is 268 g/mol. The number of nitrogens with one attached hydrogen (secondary N) is 1. The largest absolute Gasteiger partial charge is 0.369 e. The first-order valence-electron chi connectivity index (χ1n) is 6.34. The lowest BCUT2D eigenvalue weighted by molar-refractivity contribution is -0.117. The fourth-order valence-electron chi connectivity index (χ4n) is 1.89. The number of carbonyl (C=O) groups excluding carboxylic acids is 2. The van der Waals surface area contributed by atoms with Gasteiger partial charge in [0.15, 0.2) is 0 Å². The molecule has 20 heavy (non-hydrogen) atoms. The molecule has 3 N–H and O–H groups in total. The van der Waals surface area contributed by atoms with Crippen molar-refractivity contribution in [3.05, 3.63) is 65.7 Å². The van der Waals surface area contributed by atoms with E-state index < -0.39 is 0 Å². The Morgan fingerprint density at radius 3 is 2.05 bits per heavy atom. The Labute approximate surface area is 117 Å². The summed E-state index contributed by atoms with van der Waals surface area (Å²) in [4.78, 5) is 22.6. The minimum Gasteiger partial charge on any atom is -0.369 e. The van der Waals surface area contributed by atoms with Crippen LogP contribution >= 0.6 is 0 Å². The van der Waals surface area contributed by atoms with Gasteiger partial charge in [-0.1, -0.05) is 42.5 Å². The summed E-state index contributed by atoms with van der Waals surface area (Å²) in [6, 6.07) is 16.6. The van der Waals surface area contributed by atoms with Crippen molar-refractivity contribution in [2.75, 3.05) is 5.32 Å². The Morgan fingerprint density at radius 1 is 0.850 bits per heavy atom. The number of amides is 2. The Morgan fingerprint density at radius 2 is 1.45 bits per heavy atom. The van der Waals surface area contributed by atoms with Crippen molar-refractivity contribution in [1.29, 1.82) is 0 Å². The molecule has 0 unspecified atom stereocenters. The van der Waals surface area contributed by atoms with E-state index in [9.17, 15) is 9.59 Å². The maximum atomic E-state index is 11.9. The zero-order valence-corrected chi connectivity index (χ0v) is 11.0. The van der Waals surface area contributed by atoms with Crippen LogP contribution in [0, 0.1) is 0 Å². The molecule has 0 aliphatic carbocycles. The Balaban J connectivity index is 1.93. The van der Waals surface area contributed by atoms with E-state index in [4.69, 9.17) is 5.73 Å². The van der Waals surface area contributed by atoms with Crippen LogP contribution in [0.2, 0.25) is 0 Å². The molecule has 4 nitrogen and oxygen atoms in total. The van der Waals surface area contributed by atoms with E-state index in [-0.39, 0.29) is 18.2 Å². The first-order valence-corrected chi connectivity index (χ1v) is 6.34. The molecular weight excluding hydrogens is 252 g/mol. The SMILES string of the molecule is NC(=O)Cc1ccc(NC(=O)Cc2ccccc2)cc1. The van der Waals surface area contributed by atoms with Crippen LogP contribution in [0.4, 0.5) is 5.69 Å². The fraction of sp³-hybridized carbons (Fsp3) is 0.125. The minimum absolute atomic E-state index is 0.0705. The lowest BCUT2D eigenvalue weighted by Crippen LogP contribution is -2.15. The van der Waals surface area contributed by atoms with Gasteiger partial charge < -0.3 is 11.1 Å². The highest BCUT2D eigenvalue weighted by Gasteiger charge is 2.04. The zero-order chi connectivity index (χ0) is 14.4. The topological polar surface area (TPSA) is 72.2 Å². The van der Waals surface area contributed by atoms with E-state index >= 15 is 0 Å². The zero-order valence-electron chi connectivity index (χ0n) is 11.0. The van der Waals surface area contributed by atoms with Crippen molar-refractivity contribution in [2.24, 2.45) is 5.73 Å². The van der Waals surface area contributed by atoms with Gasteiger partial charge in [0, 0.05) is 5.69 Å². The van der Waals surface area contributed by atoms with Crippen LogP contribution in [0.25, 0.3) is 0 Å². The van der Waals surface area contributed by atoms with Crippen LogP contribution in [0.1, 0.15) is 11.1 Å². The van der Waals surface area contributed by atoms with Crippen molar-refractivity contribution in [2.45, 2.75) is 12.8 Å². The molecule has 0 saturated heterocycles. The van der Waals surface area contributed by atoms with Gasteiger partial charge in [-0.05, 0) is 23.3 Å². The van der Waals surface area contributed by atoms with Crippen molar-refractivity contribution in [3.8, 4) is 0 Å². The summed E-state index contributed by atoms with van der Waals surface area (Å²) in [6.45, 7) is 0. The smallest absolute Gasteiger partial charge is 0.228 e. The lowest BCUT2D eigenvalue weighted by atomic mass is 10.1. The number of nitrogens with two attached hydrogens (primary N) is 1. The average Bonchev–Trinajstić information content (AvgIpc) is 2.41. The molecule has 2 rings (SSSR count). The third-order valence-corrected chi connectivity index (χ3v) is 2.82. The number of primary amides is 1. The molecule has 0 fully saturated rings. The third-order valence-electron chi connectivity index (χ3n) is 2.82. The molecule has 102 valence electrons. The molecule has 4 heteroatoms. The van der Waals surface area contributed by atoms with Gasteiger partial charge in [-0.2, -0.15) is 0 Å². The molecule has 0 radical (unpaired) electrons. The number of carbonyl (C=O) groups is 2. The number of hydrogen-bond acceptors (Lipinski definition) is 2. The molecule has 0 aliphatic rings. The molecular formula is C16H16N2O2. The van der Waals surface area contributed by atoms with E-state index in [1.165, 1.54) is 0 Å². The van der Waals surface area contributed by atoms with Gasteiger partial charge in [0.2, 0.25) is 11.8 Å².